The summed E-state index contributed by atoms with van der Waals surface area (Å²) in [4.78, 5) is 0. The summed E-state index contributed by atoms with van der Waals surface area (Å²) in [5.41, 5.74) is 0.871. The molecule has 0 bridgehead atoms. The van der Waals surface area contributed by atoms with E-state index in [0.717, 1.165) is 14.5 Å². The predicted molar refractivity (Wildman–Crippen MR) is 64.9 cm³/mol. The van der Waals surface area contributed by atoms with Crippen LogP contribution in [0, 0.1) is 11.8 Å². The first kappa shape index (κ1) is 11.8. The predicted octanol–water partition coefficient (Wildman–Crippen LogP) is 3.66. The fraction of sp³-hybridized carbons (Fsp3) is 0.273. The fourth-order valence-corrected chi connectivity index (χ4v) is 2.39. The molecule has 0 spiro atoms. The maximum absolute atomic E-state index is 9.78. The molecule has 1 unspecified atom stereocenters. The second kappa shape index (κ2) is 5.55. The Kier molecular flexibility index (Phi) is 4.67. The largest absolute Gasteiger partial charge is 0.387 e. The summed E-state index contributed by atoms with van der Waals surface area (Å²) < 4.78 is 1.89. The van der Waals surface area contributed by atoms with Crippen LogP contribution in [-0.2, 0) is 0 Å². The highest BCUT2D eigenvalue weighted by Gasteiger charge is 2.09. The molecule has 1 nitrogen and oxygen atoms in total. The summed E-state index contributed by atoms with van der Waals surface area (Å²) in [6.07, 6.45) is -0.0542. The van der Waals surface area contributed by atoms with Crippen LogP contribution in [0.25, 0.3) is 0 Å². The van der Waals surface area contributed by atoms with Crippen molar-refractivity contribution < 1.29 is 5.11 Å². The van der Waals surface area contributed by atoms with Gasteiger partial charge in [0.2, 0.25) is 0 Å². The van der Waals surface area contributed by atoms with Gasteiger partial charge in [0.15, 0.2) is 0 Å². The van der Waals surface area contributed by atoms with E-state index in [4.69, 9.17) is 0 Å². The minimum absolute atomic E-state index is 0.469. The molecule has 0 aromatic heterocycles. The van der Waals surface area contributed by atoms with E-state index >= 15 is 0 Å². The van der Waals surface area contributed by atoms with Crippen molar-refractivity contribution in [3.8, 4) is 11.8 Å². The van der Waals surface area contributed by atoms with Gasteiger partial charge in [0.25, 0.3) is 0 Å². The molecule has 1 atom stereocenters. The first-order valence-electron chi connectivity index (χ1n) is 4.17. The summed E-state index contributed by atoms with van der Waals surface area (Å²) in [5, 5.41) is 9.78. The minimum Gasteiger partial charge on any atom is -0.387 e. The molecule has 0 saturated carbocycles. The van der Waals surface area contributed by atoms with Crippen molar-refractivity contribution in [2.24, 2.45) is 0 Å². The monoisotopic (exact) mass is 316 g/mol. The summed E-state index contributed by atoms with van der Waals surface area (Å²) >= 11 is 6.76. The lowest BCUT2D eigenvalue weighted by Crippen LogP contribution is -1.96. The first-order valence-corrected chi connectivity index (χ1v) is 5.76. The van der Waals surface area contributed by atoms with E-state index in [9.17, 15) is 5.11 Å². The molecule has 0 aliphatic rings. The molecule has 0 aliphatic heterocycles. The molecule has 0 amide bonds. The standard InChI is InChI=1S/C11H10Br2O/c1-2-3-4-11(14)9-6-5-8(12)7-10(9)13/h5-7,11,14H,4H2,1H3. The van der Waals surface area contributed by atoms with Crippen molar-refractivity contribution in [3.63, 3.8) is 0 Å². The zero-order valence-corrected chi connectivity index (χ0v) is 10.9. The lowest BCUT2D eigenvalue weighted by molar-refractivity contribution is 0.183. The van der Waals surface area contributed by atoms with Gasteiger partial charge < -0.3 is 5.11 Å². The zero-order valence-electron chi connectivity index (χ0n) is 7.72. The van der Waals surface area contributed by atoms with Gasteiger partial charge in [-0.1, -0.05) is 37.9 Å². The van der Waals surface area contributed by atoms with Gasteiger partial charge in [-0.2, -0.15) is 0 Å². The van der Waals surface area contributed by atoms with Crippen LogP contribution in [0.15, 0.2) is 27.1 Å². The van der Waals surface area contributed by atoms with Gasteiger partial charge >= 0.3 is 0 Å². The summed E-state index contributed by atoms with van der Waals surface area (Å²) in [7, 11) is 0. The van der Waals surface area contributed by atoms with E-state index < -0.39 is 6.10 Å². The van der Waals surface area contributed by atoms with Crippen LogP contribution in [0.3, 0.4) is 0 Å². The van der Waals surface area contributed by atoms with Gasteiger partial charge in [-0.25, -0.2) is 0 Å². The Bertz CT molecular complexity index is 377. The topological polar surface area (TPSA) is 20.2 Å². The average Bonchev–Trinajstić information content (AvgIpc) is 2.14. The lowest BCUT2D eigenvalue weighted by atomic mass is 10.1. The normalized spacial score (nSPS) is 11.7. The number of rotatable bonds is 2. The summed E-state index contributed by atoms with van der Waals surface area (Å²) in [6.45, 7) is 1.77. The van der Waals surface area contributed by atoms with Gasteiger partial charge in [0.05, 0.1) is 6.10 Å². The SMILES string of the molecule is CC#CCC(O)c1ccc(Br)cc1Br. The van der Waals surface area contributed by atoms with Crippen LogP contribution in [0.2, 0.25) is 0 Å². The summed E-state index contributed by atoms with van der Waals surface area (Å²) in [6, 6.07) is 5.71. The Morgan fingerprint density at radius 2 is 2.14 bits per heavy atom. The molecule has 1 N–H and O–H groups in total. The Hall–Kier alpha value is -0.300. The number of aliphatic hydroxyl groups excluding tert-OH is 1. The van der Waals surface area contributed by atoms with Crippen molar-refractivity contribution in [1.29, 1.82) is 0 Å². The highest BCUT2D eigenvalue weighted by Crippen LogP contribution is 2.28. The van der Waals surface area contributed by atoms with Crippen LogP contribution >= 0.6 is 31.9 Å². The number of aliphatic hydroxyl groups is 1. The van der Waals surface area contributed by atoms with Gasteiger partial charge in [0, 0.05) is 15.4 Å². The molecule has 14 heavy (non-hydrogen) atoms. The van der Waals surface area contributed by atoms with Crippen molar-refractivity contribution in [1.82, 2.24) is 0 Å². The maximum Gasteiger partial charge on any atom is 0.0910 e. The minimum atomic E-state index is -0.523. The van der Waals surface area contributed by atoms with Crippen molar-refractivity contribution in [3.05, 3.63) is 32.7 Å². The Morgan fingerprint density at radius 3 is 2.71 bits per heavy atom. The van der Waals surface area contributed by atoms with Gasteiger partial charge in [-0.05, 0) is 24.6 Å². The van der Waals surface area contributed by atoms with E-state index in [2.05, 4.69) is 43.7 Å². The molecule has 1 aromatic carbocycles. The third-order valence-corrected chi connectivity index (χ3v) is 2.97. The maximum atomic E-state index is 9.78. The molecule has 3 heteroatoms. The molecule has 1 rings (SSSR count). The van der Waals surface area contributed by atoms with Gasteiger partial charge in [0.1, 0.15) is 0 Å². The molecule has 0 saturated heterocycles. The fourth-order valence-electron chi connectivity index (χ4n) is 1.08. The highest BCUT2D eigenvalue weighted by atomic mass is 79.9. The smallest absolute Gasteiger partial charge is 0.0910 e. The highest BCUT2D eigenvalue weighted by molar-refractivity contribution is 9.11. The van der Waals surface area contributed by atoms with Gasteiger partial charge in [-0.15, -0.1) is 11.8 Å². The average molecular weight is 318 g/mol. The van der Waals surface area contributed by atoms with Crippen LogP contribution in [0.4, 0.5) is 0 Å². The molecule has 0 aliphatic carbocycles. The first-order chi connectivity index (χ1) is 6.65. The van der Waals surface area contributed by atoms with Crippen LogP contribution in [0.1, 0.15) is 25.0 Å². The second-order valence-corrected chi connectivity index (χ2v) is 4.58. The second-order valence-electron chi connectivity index (χ2n) is 2.81. The van der Waals surface area contributed by atoms with Crippen LogP contribution < -0.4 is 0 Å². The van der Waals surface area contributed by atoms with E-state index in [1.165, 1.54) is 0 Å². The summed E-state index contributed by atoms with van der Waals surface area (Å²) in [5.74, 6) is 5.62. The molecular formula is C11H10Br2O. The van der Waals surface area contributed by atoms with Gasteiger partial charge in [-0.3, -0.25) is 0 Å². The van der Waals surface area contributed by atoms with Crippen LogP contribution in [-0.4, -0.2) is 5.11 Å². The number of halogens is 2. The molecule has 74 valence electrons. The van der Waals surface area contributed by atoms with E-state index in [0.29, 0.717) is 6.42 Å². The lowest BCUT2D eigenvalue weighted by Gasteiger charge is -2.09. The van der Waals surface area contributed by atoms with E-state index in [-0.39, 0.29) is 0 Å². The number of hydrogen-bond donors (Lipinski definition) is 1. The molecule has 0 fully saturated rings. The number of hydrogen-bond acceptors (Lipinski definition) is 1. The Morgan fingerprint density at radius 1 is 1.43 bits per heavy atom. The third-order valence-electron chi connectivity index (χ3n) is 1.79. The molecule has 1 aromatic rings. The Balaban J connectivity index is 2.88. The van der Waals surface area contributed by atoms with Crippen molar-refractivity contribution >= 4 is 31.9 Å². The van der Waals surface area contributed by atoms with E-state index in [1.54, 1.807) is 6.92 Å². The quantitative estimate of drug-likeness (QED) is 0.825. The van der Waals surface area contributed by atoms with Crippen molar-refractivity contribution in [2.75, 3.05) is 0 Å². The Labute approximate surface area is 101 Å². The van der Waals surface area contributed by atoms with Crippen LogP contribution in [0.5, 0.6) is 0 Å². The molecule has 0 radical (unpaired) electrons. The zero-order chi connectivity index (χ0) is 10.6. The molecule has 0 heterocycles. The number of benzene rings is 1. The van der Waals surface area contributed by atoms with Crippen molar-refractivity contribution in [2.45, 2.75) is 19.4 Å². The van der Waals surface area contributed by atoms with E-state index in [1.807, 2.05) is 18.2 Å². The molecular weight excluding hydrogens is 308 g/mol. The third kappa shape index (κ3) is 3.13.